The number of anilines is 2. The average molecular weight is 310 g/mol. The Morgan fingerprint density at radius 3 is 2.67 bits per heavy atom. The van der Waals surface area contributed by atoms with Gasteiger partial charge in [-0.2, -0.15) is 0 Å². The maximum Gasteiger partial charge on any atom is 0.267 e. The fraction of sp³-hybridized carbons (Fsp3) is 0.733. The third-order valence-electron chi connectivity index (χ3n) is 4.08. The highest BCUT2D eigenvalue weighted by Crippen LogP contribution is 2.30. The van der Waals surface area contributed by atoms with Crippen molar-refractivity contribution in [2.24, 2.45) is 5.92 Å². The number of amides is 1. The molecule has 0 spiro atoms. The molecule has 118 valence electrons. The molecule has 1 amide bonds. The molecular weight excluding hydrogens is 284 g/mol. The van der Waals surface area contributed by atoms with Gasteiger partial charge in [0.2, 0.25) is 0 Å². The number of nitrogens with zero attached hydrogens (tertiary/aromatic N) is 3. The molecule has 1 fully saturated rings. The average Bonchev–Trinajstić information content (AvgIpc) is 3.07. The molecule has 1 aliphatic rings. The molecule has 2 N–H and O–H groups in total. The SMILES string of the molecule is CCCN(C)c1nc(N)c(C(=O)N(C)CC2CCCC2)s1. The molecule has 1 aliphatic carbocycles. The van der Waals surface area contributed by atoms with Crippen LogP contribution in [0, 0.1) is 5.92 Å². The molecule has 1 aromatic heterocycles. The summed E-state index contributed by atoms with van der Waals surface area (Å²) in [5.41, 5.74) is 5.95. The van der Waals surface area contributed by atoms with Crippen LogP contribution in [0.5, 0.6) is 0 Å². The maximum absolute atomic E-state index is 12.5. The topological polar surface area (TPSA) is 62.5 Å². The molecule has 1 aromatic rings. The zero-order valence-electron chi connectivity index (χ0n) is 13.3. The minimum absolute atomic E-state index is 0.00745. The van der Waals surface area contributed by atoms with Crippen molar-refractivity contribution in [2.45, 2.75) is 39.0 Å². The Hall–Kier alpha value is -1.30. The fourth-order valence-corrected chi connectivity index (χ4v) is 3.87. The van der Waals surface area contributed by atoms with Gasteiger partial charge in [-0.25, -0.2) is 4.98 Å². The van der Waals surface area contributed by atoms with Gasteiger partial charge in [0.15, 0.2) is 5.13 Å². The number of nitrogens with two attached hydrogens (primary N) is 1. The van der Waals surface area contributed by atoms with Gasteiger partial charge in [0.05, 0.1) is 0 Å². The van der Waals surface area contributed by atoms with Crippen molar-refractivity contribution >= 4 is 28.2 Å². The Bertz CT molecular complexity index is 482. The van der Waals surface area contributed by atoms with E-state index < -0.39 is 0 Å². The number of hydrogen-bond acceptors (Lipinski definition) is 5. The number of thiazole rings is 1. The summed E-state index contributed by atoms with van der Waals surface area (Å²) in [6.07, 6.45) is 6.10. The van der Waals surface area contributed by atoms with E-state index in [0.29, 0.717) is 16.6 Å². The van der Waals surface area contributed by atoms with Crippen molar-refractivity contribution in [3.63, 3.8) is 0 Å². The van der Waals surface area contributed by atoms with Crippen molar-refractivity contribution in [1.82, 2.24) is 9.88 Å². The normalized spacial score (nSPS) is 15.4. The van der Waals surface area contributed by atoms with E-state index in [2.05, 4.69) is 16.8 Å². The summed E-state index contributed by atoms with van der Waals surface area (Å²) in [4.78, 5) is 21.3. The minimum atomic E-state index is 0.00745. The molecule has 0 saturated heterocycles. The second-order valence-corrected chi connectivity index (χ2v) is 6.95. The molecule has 0 atom stereocenters. The summed E-state index contributed by atoms with van der Waals surface area (Å²) in [5.74, 6) is 1.02. The van der Waals surface area contributed by atoms with Crippen LogP contribution in [0.25, 0.3) is 0 Å². The smallest absolute Gasteiger partial charge is 0.267 e. The van der Waals surface area contributed by atoms with Gasteiger partial charge >= 0.3 is 0 Å². The molecule has 0 bridgehead atoms. The van der Waals surface area contributed by atoms with Gasteiger partial charge in [0.1, 0.15) is 10.7 Å². The van der Waals surface area contributed by atoms with E-state index in [1.54, 1.807) is 0 Å². The lowest BCUT2D eigenvalue weighted by Crippen LogP contribution is -2.31. The minimum Gasteiger partial charge on any atom is -0.382 e. The van der Waals surface area contributed by atoms with Gasteiger partial charge in [-0.1, -0.05) is 31.1 Å². The van der Waals surface area contributed by atoms with Gasteiger partial charge in [0.25, 0.3) is 5.91 Å². The molecule has 0 aromatic carbocycles. The summed E-state index contributed by atoms with van der Waals surface area (Å²) in [7, 11) is 3.85. The van der Waals surface area contributed by atoms with E-state index in [1.807, 2.05) is 19.0 Å². The van der Waals surface area contributed by atoms with Crippen LogP contribution in [0.1, 0.15) is 48.7 Å². The van der Waals surface area contributed by atoms with Crippen molar-refractivity contribution in [2.75, 3.05) is 37.8 Å². The Kier molecular flexibility index (Phi) is 5.45. The number of carbonyl (C=O) groups excluding carboxylic acids is 1. The molecule has 5 nitrogen and oxygen atoms in total. The highest BCUT2D eigenvalue weighted by atomic mass is 32.1. The largest absolute Gasteiger partial charge is 0.382 e. The molecule has 1 heterocycles. The predicted octanol–water partition coefficient (Wildman–Crippen LogP) is 2.83. The molecule has 0 unspecified atom stereocenters. The molecule has 2 rings (SSSR count). The van der Waals surface area contributed by atoms with Crippen LogP contribution in [0.4, 0.5) is 10.9 Å². The lowest BCUT2D eigenvalue weighted by Gasteiger charge is -2.20. The number of nitrogen functional groups attached to an aromatic ring is 1. The van der Waals surface area contributed by atoms with Gasteiger partial charge in [0, 0.05) is 27.2 Å². The highest BCUT2D eigenvalue weighted by molar-refractivity contribution is 7.18. The van der Waals surface area contributed by atoms with E-state index in [4.69, 9.17) is 5.73 Å². The number of aromatic nitrogens is 1. The molecule has 1 saturated carbocycles. The van der Waals surface area contributed by atoms with Crippen molar-refractivity contribution < 1.29 is 4.79 Å². The predicted molar refractivity (Wildman–Crippen MR) is 89.0 cm³/mol. The van der Waals surface area contributed by atoms with Crippen LogP contribution in [-0.4, -0.2) is 43.0 Å². The van der Waals surface area contributed by atoms with Gasteiger partial charge in [-0.3, -0.25) is 4.79 Å². The first-order valence-electron chi connectivity index (χ1n) is 7.75. The molecule has 6 heteroatoms. The summed E-state index contributed by atoms with van der Waals surface area (Å²) in [6.45, 7) is 3.86. The van der Waals surface area contributed by atoms with Crippen LogP contribution < -0.4 is 10.6 Å². The Balaban J connectivity index is 2.04. The quantitative estimate of drug-likeness (QED) is 0.877. The summed E-state index contributed by atoms with van der Waals surface area (Å²) < 4.78 is 0. The number of carbonyl (C=O) groups is 1. The first-order valence-corrected chi connectivity index (χ1v) is 8.57. The zero-order valence-corrected chi connectivity index (χ0v) is 14.1. The lowest BCUT2D eigenvalue weighted by atomic mass is 10.1. The zero-order chi connectivity index (χ0) is 15.4. The van der Waals surface area contributed by atoms with Crippen LogP contribution in [0.15, 0.2) is 0 Å². The van der Waals surface area contributed by atoms with E-state index >= 15 is 0 Å². The lowest BCUT2D eigenvalue weighted by molar-refractivity contribution is 0.0779. The summed E-state index contributed by atoms with van der Waals surface area (Å²) in [5, 5.41) is 0.826. The van der Waals surface area contributed by atoms with Crippen LogP contribution in [0.2, 0.25) is 0 Å². The Labute approximate surface area is 131 Å². The molecule has 0 radical (unpaired) electrons. The highest BCUT2D eigenvalue weighted by Gasteiger charge is 2.24. The van der Waals surface area contributed by atoms with Gasteiger partial charge in [-0.15, -0.1) is 0 Å². The maximum atomic E-state index is 12.5. The number of hydrogen-bond donors (Lipinski definition) is 1. The molecule has 21 heavy (non-hydrogen) atoms. The van der Waals surface area contributed by atoms with Crippen LogP contribution in [-0.2, 0) is 0 Å². The second kappa shape index (κ2) is 7.11. The second-order valence-electron chi connectivity index (χ2n) is 5.97. The van der Waals surface area contributed by atoms with E-state index in [0.717, 1.165) is 24.6 Å². The first-order chi connectivity index (χ1) is 10.0. The van der Waals surface area contributed by atoms with Crippen molar-refractivity contribution in [1.29, 1.82) is 0 Å². The van der Waals surface area contributed by atoms with Gasteiger partial charge in [-0.05, 0) is 25.2 Å². The first kappa shape index (κ1) is 16.1. The van der Waals surface area contributed by atoms with Crippen molar-refractivity contribution in [3.05, 3.63) is 4.88 Å². The van der Waals surface area contributed by atoms with Crippen LogP contribution in [0.3, 0.4) is 0 Å². The third kappa shape index (κ3) is 3.87. The fourth-order valence-electron chi connectivity index (χ4n) is 2.90. The van der Waals surface area contributed by atoms with E-state index in [1.165, 1.54) is 37.0 Å². The summed E-state index contributed by atoms with van der Waals surface area (Å²) in [6, 6.07) is 0. The van der Waals surface area contributed by atoms with Gasteiger partial charge < -0.3 is 15.5 Å². The van der Waals surface area contributed by atoms with E-state index in [9.17, 15) is 4.79 Å². The Morgan fingerprint density at radius 1 is 1.38 bits per heavy atom. The van der Waals surface area contributed by atoms with E-state index in [-0.39, 0.29) is 5.91 Å². The monoisotopic (exact) mass is 310 g/mol. The molecular formula is C15H26N4OS. The number of rotatable bonds is 6. The van der Waals surface area contributed by atoms with Crippen molar-refractivity contribution in [3.8, 4) is 0 Å². The van der Waals surface area contributed by atoms with Crippen LogP contribution >= 0.6 is 11.3 Å². The summed E-state index contributed by atoms with van der Waals surface area (Å²) >= 11 is 1.40. The standard InChI is InChI=1S/C15H26N4OS/c1-4-9-18(2)15-17-13(16)12(21-15)14(20)19(3)10-11-7-5-6-8-11/h11H,4-10,16H2,1-3H3. The third-order valence-corrected chi connectivity index (χ3v) is 5.25. The molecule has 0 aliphatic heterocycles. The Morgan fingerprint density at radius 2 is 2.05 bits per heavy atom.